The summed E-state index contributed by atoms with van der Waals surface area (Å²) >= 11 is 0. The number of nitrogens with zero attached hydrogens (tertiary/aromatic N) is 2. The largest absolute Gasteiger partial charge is 0.369 e. The van der Waals surface area contributed by atoms with E-state index in [4.69, 9.17) is 0 Å². The number of nitrogens with one attached hydrogen (secondary N) is 1. The minimum atomic E-state index is -0.690. The molecule has 2 rings (SSSR count). The number of carbonyl (C=O) groups is 4. The molecule has 0 aromatic heterocycles. The first-order valence-electron chi connectivity index (χ1n) is 8.33. The molecular formula is C18H23N3O4. The van der Waals surface area contributed by atoms with Gasteiger partial charge in [0.2, 0.25) is 0 Å². The van der Waals surface area contributed by atoms with E-state index >= 15 is 0 Å². The van der Waals surface area contributed by atoms with Crippen LogP contribution in [0.4, 0.5) is 5.69 Å². The molecule has 134 valence electrons. The molecule has 1 saturated heterocycles. The van der Waals surface area contributed by atoms with Crippen LogP contribution in [0.5, 0.6) is 0 Å². The Bertz CT molecular complexity index is 641. The highest BCUT2D eigenvalue weighted by Gasteiger charge is 2.23. The summed E-state index contributed by atoms with van der Waals surface area (Å²) in [5.41, 5.74) is 1.46. The van der Waals surface area contributed by atoms with Gasteiger partial charge in [-0.1, -0.05) is 0 Å². The Morgan fingerprint density at radius 3 is 2.60 bits per heavy atom. The van der Waals surface area contributed by atoms with E-state index in [0.29, 0.717) is 24.4 Å². The minimum absolute atomic E-state index is 0.198. The van der Waals surface area contributed by atoms with Crippen molar-refractivity contribution >= 4 is 30.5 Å². The molecule has 1 unspecified atom stereocenters. The summed E-state index contributed by atoms with van der Waals surface area (Å²) in [7, 11) is 1.50. The van der Waals surface area contributed by atoms with Gasteiger partial charge in [-0.25, -0.2) is 0 Å². The van der Waals surface area contributed by atoms with Gasteiger partial charge >= 0.3 is 0 Å². The Morgan fingerprint density at radius 1 is 1.28 bits per heavy atom. The zero-order valence-corrected chi connectivity index (χ0v) is 14.3. The first-order valence-corrected chi connectivity index (χ1v) is 8.33. The number of amides is 1. The molecule has 1 aliphatic heterocycles. The summed E-state index contributed by atoms with van der Waals surface area (Å²) in [6.45, 7) is 3.42. The van der Waals surface area contributed by atoms with Crippen molar-refractivity contribution in [2.24, 2.45) is 0 Å². The van der Waals surface area contributed by atoms with Crippen molar-refractivity contribution in [2.75, 3.05) is 38.1 Å². The number of anilines is 1. The molecule has 1 heterocycles. The predicted molar refractivity (Wildman–Crippen MR) is 94.2 cm³/mol. The second kappa shape index (κ2) is 9.08. The standard InChI is InChI=1S/C18H23N3O4/c1-20(16(13-24)3-2-10-22)18(25)17-5-4-15(11-14(17)12-23)21-8-6-19-7-9-21/h4-5,10-13,16,19H,2-3,6-9H2,1H3. The van der Waals surface area contributed by atoms with Gasteiger partial charge in [-0.05, 0) is 24.6 Å². The van der Waals surface area contributed by atoms with Gasteiger partial charge in [0.25, 0.3) is 5.91 Å². The van der Waals surface area contributed by atoms with E-state index < -0.39 is 11.9 Å². The van der Waals surface area contributed by atoms with Gasteiger partial charge in [0.15, 0.2) is 6.29 Å². The topological polar surface area (TPSA) is 86.8 Å². The van der Waals surface area contributed by atoms with E-state index in [0.717, 1.165) is 31.9 Å². The van der Waals surface area contributed by atoms with E-state index in [9.17, 15) is 19.2 Å². The number of rotatable bonds is 8. The van der Waals surface area contributed by atoms with Gasteiger partial charge in [-0.15, -0.1) is 0 Å². The minimum Gasteiger partial charge on any atom is -0.369 e. The smallest absolute Gasteiger partial charge is 0.254 e. The van der Waals surface area contributed by atoms with Crippen molar-refractivity contribution in [3.05, 3.63) is 29.3 Å². The third-order valence-electron chi connectivity index (χ3n) is 4.43. The van der Waals surface area contributed by atoms with Crippen LogP contribution in [0.1, 0.15) is 33.6 Å². The summed E-state index contributed by atoms with van der Waals surface area (Å²) in [4.78, 5) is 49.3. The van der Waals surface area contributed by atoms with E-state index in [-0.39, 0.29) is 18.4 Å². The highest BCUT2D eigenvalue weighted by Crippen LogP contribution is 2.21. The lowest BCUT2D eigenvalue weighted by atomic mass is 10.0. The van der Waals surface area contributed by atoms with Crippen LogP contribution in [-0.2, 0) is 9.59 Å². The van der Waals surface area contributed by atoms with Crippen molar-refractivity contribution in [1.82, 2.24) is 10.2 Å². The molecule has 1 N–H and O–H groups in total. The highest BCUT2D eigenvalue weighted by molar-refractivity contribution is 6.02. The fourth-order valence-corrected chi connectivity index (χ4v) is 2.89. The summed E-state index contributed by atoms with van der Waals surface area (Å²) in [5, 5.41) is 3.26. The molecule has 1 amide bonds. The molecule has 1 aromatic rings. The monoisotopic (exact) mass is 345 g/mol. The molecule has 0 saturated carbocycles. The molecule has 0 aliphatic carbocycles. The molecular weight excluding hydrogens is 322 g/mol. The van der Waals surface area contributed by atoms with Crippen LogP contribution >= 0.6 is 0 Å². The van der Waals surface area contributed by atoms with Crippen molar-refractivity contribution < 1.29 is 19.2 Å². The van der Waals surface area contributed by atoms with Gasteiger partial charge in [0.1, 0.15) is 12.6 Å². The number of benzene rings is 1. The number of hydrogen-bond acceptors (Lipinski definition) is 6. The van der Waals surface area contributed by atoms with Crippen molar-refractivity contribution in [2.45, 2.75) is 18.9 Å². The maximum atomic E-state index is 12.7. The number of hydrogen-bond donors (Lipinski definition) is 1. The lowest BCUT2D eigenvalue weighted by Crippen LogP contribution is -2.43. The van der Waals surface area contributed by atoms with Crippen LogP contribution in [0.3, 0.4) is 0 Å². The summed E-state index contributed by atoms with van der Waals surface area (Å²) in [5.74, 6) is -0.406. The van der Waals surface area contributed by atoms with E-state index in [1.54, 1.807) is 12.1 Å². The lowest BCUT2D eigenvalue weighted by Gasteiger charge is -2.30. The second-order valence-electron chi connectivity index (χ2n) is 5.99. The molecule has 1 fully saturated rings. The summed E-state index contributed by atoms with van der Waals surface area (Å²) in [6.07, 6.45) is 2.49. The normalized spacial score (nSPS) is 15.3. The maximum absolute atomic E-state index is 12.7. The SMILES string of the molecule is CN(C(=O)c1ccc(N2CCNCC2)cc1C=O)C(C=O)CCC=O. The first kappa shape index (κ1) is 18.8. The van der Waals surface area contributed by atoms with Crippen molar-refractivity contribution in [1.29, 1.82) is 0 Å². The average Bonchev–Trinajstić information content (AvgIpc) is 2.68. The third kappa shape index (κ3) is 4.51. The second-order valence-corrected chi connectivity index (χ2v) is 5.99. The molecule has 25 heavy (non-hydrogen) atoms. The van der Waals surface area contributed by atoms with Crippen LogP contribution in [0.15, 0.2) is 18.2 Å². The van der Waals surface area contributed by atoms with Gasteiger partial charge in [0.05, 0.1) is 11.6 Å². The molecule has 7 heteroatoms. The molecule has 7 nitrogen and oxygen atoms in total. The van der Waals surface area contributed by atoms with Crippen molar-refractivity contribution in [3.8, 4) is 0 Å². The predicted octanol–water partition coefficient (Wildman–Crippen LogP) is 0.527. The quantitative estimate of drug-likeness (QED) is 0.692. The molecule has 0 radical (unpaired) electrons. The molecule has 0 bridgehead atoms. The number of carbonyl (C=O) groups excluding carboxylic acids is 4. The molecule has 1 aromatic carbocycles. The third-order valence-corrected chi connectivity index (χ3v) is 4.43. The van der Waals surface area contributed by atoms with Crippen LogP contribution in [0, 0.1) is 0 Å². The Labute approximate surface area is 147 Å². The fraction of sp³-hybridized carbons (Fsp3) is 0.444. The number of likely N-dealkylation sites (N-methyl/N-ethyl adjacent to an activating group) is 1. The average molecular weight is 345 g/mol. The van der Waals surface area contributed by atoms with Crippen LogP contribution in [0.2, 0.25) is 0 Å². The molecule has 0 spiro atoms. The summed E-state index contributed by atoms with van der Waals surface area (Å²) in [6, 6.07) is 4.47. The van der Waals surface area contributed by atoms with Gasteiger partial charge in [-0.2, -0.15) is 0 Å². The zero-order chi connectivity index (χ0) is 18.2. The van der Waals surface area contributed by atoms with Gasteiger partial charge < -0.3 is 24.7 Å². The lowest BCUT2D eigenvalue weighted by molar-refractivity contribution is -0.112. The molecule has 1 atom stereocenters. The maximum Gasteiger partial charge on any atom is 0.254 e. The van der Waals surface area contributed by atoms with Crippen LogP contribution < -0.4 is 10.2 Å². The number of aldehydes is 3. The van der Waals surface area contributed by atoms with Gasteiger partial charge in [0, 0.05) is 50.9 Å². The summed E-state index contributed by atoms with van der Waals surface area (Å²) < 4.78 is 0. The number of piperazine rings is 1. The Morgan fingerprint density at radius 2 is 2.00 bits per heavy atom. The molecule has 1 aliphatic rings. The highest BCUT2D eigenvalue weighted by atomic mass is 16.2. The van der Waals surface area contributed by atoms with E-state index in [1.807, 2.05) is 6.07 Å². The van der Waals surface area contributed by atoms with Crippen molar-refractivity contribution in [3.63, 3.8) is 0 Å². The van der Waals surface area contributed by atoms with Crippen LogP contribution in [-0.4, -0.2) is 68.9 Å². The van der Waals surface area contributed by atoms with Gasteiger partial charge in [-0.3, -0.25) is 9.59 Å². The van der Waals surface area contributed by atoms with E-state index in [2.05, 4.69) is 10.2 Å². The van der Waals surface area contributed by atoms with Crippen LogP contribution in [0.25, 0.3) is 0 Å². The Balaban J connectivity index is 2.21. The first-order chi connectivity index (χ1) is 12.1. The van der Waals surface area contributed by atoms with E-state index in [1.165, 1.54) is 11.9 Å². The fourth-order valence-electron chi connectivity index (χ4n) is 2.89. The zero-order valence-electron chi connectivity index (χ0n) is 14.3. The Kier molecular flexibility index (Phi) is 6.82. The Hall–Kier alpha value is -2.54.